The van der Waals surface area contributed by atoms with Crippen molar-refractivity contribution in [2.45, 2.75) is 11.8 Å². The van der Waals surface area contributed by atoms with Gasteiger partial charge in [0.1, 0.15) is 0 Å². The summed E-state index contributed by atoms with van der Waals surface area (Å²) in [6.07, 6.45) is 0. The molecule has 0 aliphatic heterocycles. The molecule has 0 aromatic heterocycles. The van der Waals surface area contributed by atoms with Gasteiger partial charge in [0.15, 0.2) is 0 Å². The summed E-state index contributed by atoms with van der Waals surface area (Å²) in [7, 11) is -2.34. The lowest BCUT2D eigenvalue weighted by molar-refractivity contribution is 0.0602. The van der Waals surface area contributed by atoms with Gasteiger partial charge in [-0.25, -0.2) is 13.2 Å². The van der Waals surface area contributed by atoms with Crippen molar-refractivity contribution < 1.29 is 17.9 Å². The third-order valence-electron chi connectivity index (χ3n) is 4.13. The quantitative estimate of drug-likeness (QED) is 0.606. The number of carbonyl (C=O) groups excluding carboxylic acids is 1. The van der Waals surface area contributed by atoms with Crippen LogP contribution in [0.5, 0.6) is 0 Å². The van der Waals surface area contributed by atoms with Gasteiger partial charge in [0.25, 0.3) is 10.0 Å². The average Bonchev–Trinajstić information content (AvgIpc) is 2.69. The number of esters is 1. The van der Waals surface area contributed by atoms with E-state index in [0.29, 0.717) is 28.2 Å². The number of hydrogen-bond donors (Lipinski definition) is 2. The average molecular weight is 396 g/mol. The maximum absolute atomic E-state index is 12.6. The number of benzene rings is 3. The number of anilines is 3. The van der Waals surface area contributed by atoms with Crippen molar-refractivity contribution in [1.29, 1.82) is 0 Å². The van der Waals surface area contributed by atoms with Crippen LogP contribution in [0.2, 0.25) is 0 Å². The van der Waals surface area contributed by atoms with Crippen LogP contribution in [0.1, 0.15) is 15.9 Å². The van der Waals surface area contributed by atoms with E-state index in [1.54, 1.807) is 79.7 Å². The van der Waals surface area contributed by atoms with Gasteiger partial charge in [0, 0.05) is 11.4 Å². The van der Waals surface area contributed by atoms with Crippen molar-refractivity contribution in [3.63, 3.8) is 0 Å². The second-order valence-corrected chi connectivity index (χ2v) is 7.76. The number of hydrogen-bond acceptors (Lipinski definition) is 5. The molecule has 0 heterocycles. The monoisotopic (exact) mass is 396 g/mol. The second-order valence-electron chi connectivity index (χ2n) is 6.11. The molecule has 0 fully saturated rings. The molecule has 0 saturated heterocycles. The van der Waals surface area contributed by atoms with Gasteiger partial charge in [0.05, 0.1) is 23.3 Å². The van der Waals surface area contributed by atoms with E-state index in [2.05, 4.69) is 10.0 Å². The second kappa shape index (κ2) is 8.14. The van der Waals surface area contributed by atoms with Crippen LogP contribution in [0.4, 0.5) is 17.1 Å². The maximum Gasteiger partial charge on any atom is 0.339 e. The smallest absolute Gasteiger partial charge is 0.339 e. The SMILES string of the molecule is COC(=O)c1ccccc1Nc1ccc(NS(=O)(=O)c2ccccc2C)cc1. The molecule has 7 heteroatoms. The zero-order valence-electron chi connectivity index (χ0n) is 15.5. The first-order valence-electron chi connectivity index (χ1n) is 8.53. The minimum absolute atomic E-state index is 0.240. The highest BCUT2D eigenvalue weighted by Gasteiger charge is 2.16. The van der Waals surface area contributed by atoms with E-state index in [4.69, 9.17) is 4.74 Å². The third-order valence-corrected chi connectivity index (χ3v) is 5.67. The van der Waals surface area contributed by atoms with Crippen molar-refractivity contribution in [3.8, 4) is 0 Å². The summed E-state index contributed by atoms with van der Waals surface area (Å²) in [6.45, 7) is 1.75. The van der Waals surface area contributed by atoms with Crippen molar-refractivity contribution in [2.75, 3.05) is 17.1 Å². The first-order chi connectivity index (χ1) is 13.4. The van der Waals surface area contributed by atoms with E-state index in [-0.39, 0.29) is 4.90 Å². The predicted molar refractivity (Wildman–Crippen MR) is 109 cm³/mol. The Bertz CT molecular complexity index is 1090. The molecule has 0 unspecified atom stereocenters. The molecule has 0 atom stereocenters. The van der Waals surface area contributed by atoms with Crippen molar-refractivity contribution in [3.05, 3.63) is 83.9 Å². The number of carbonyl (C=O) groups is 1. The molecule has 0 aliphatic rings. The summed E-state index contributed by atoms with van der Waals surface area (Å²) in [5.74, 6) is -0.439. The fourth-order valence-corrected chi connectivity index (χ4v) is 4.03. The van der Waals surface area contributed by atoms with Gasteiger partial charge in [0.2, 0.25) is 0 Å². The van der Waals surface area contributed by atoms with E-state index in [0.717, 1.165) is 0 Å². The van der Waals surface area contributed by atoms with E-state index in [9.17, 15) is 13.2 Å². The molecule has 0 radical (unpaired) electrons. The Morgan fingerprint density at radius 1 is 0.857 bits per heavy atom. The molecule has 0 saturated carbocycles. The molecular formula is C21H20N2O4S. The van der Waals surface area contributed by atoms with Gasteiger partial charge in [-0.05, 0) is 55.0 Å². The minimum atomic E-state index is -3.67. The Labute approximate surface area is 164 Å². The number of methoxy groups -OCH3 is 1. The van der Waals surface area contributed by atoms with Crippen LogP contribution >= 0.6 is 0 Å². The zero-order valence-corrected chi connectivity index (χ0v) is 16.3. The van der Waals surface area contributed by atoms with Crippen LogP contribution in [-0.4, -0.2) is 21.5 Å². The Balaban J connectivity index is 1.78. The van der Waals surface area contributed by atoms with E-state index >= 15 is 0 Å². The topological polar surface area (TPSA) is 84.5 Å². The number of aryl methyl sites for hydroxylation is 1. The first kappa shape index (κ1) is 19.4. The van der Waals surface area contributed by atoms with Crippen molar-refractivity contribution in [2.24, 2.45) is 0 Å². The van der Waals surface area contributed by atoms with E-state index < -0.39 is 16.0 Å². The number of ether oxygens (including phenoxy) is 1. The summed E-state index contributed by atoms with van der Waals surface area (Å²) in [5, 5.41) is 3.14. The van der Waals surface area contributed by atoms with Crippen molar-refractivity contribution >= 4 is 33.1 Å². The molecule has 3 aromatic carbocycles. The van der Waals surface area contributed by atoms with Crippen LogP contribution in [0.15, 0.2) is 77.7 Å². The number of sulfonamides is 1. The van der Waals surface area contributed by atoms with Gasteiger partial charge in [-0.2, -0.15) is 0 Å². The molecule has 144 valence electrons. The van der Waals surface area contributed by atoms with Gasteiger partial charge < -0.3 is 10.1 Å². The Morgan fingerprint density at radius 3 is 2.14 bits per heavy atom. The molecule has 3 aromatic rings. The highest BCUT2D eigenvalue weighted by atomic mass is 32.2. The lowest BCUT2D eigenvalue weighted by atomic mass is 10.1. The predicted octanol–water partition coefficient (Wildman–Crippen LogP) is 4.33. The molecule has 2 N–H and O–H groups in total. The molecule has 0 spiro atoms. The highest BCUT2D eigenvalue weighted by Crippen LogP contribution is 2.24. The third kappa shape index (κ3) is 4.32. The minimum Gasteiger partial charge on any atom is -0.465 e. The molecular weight excluding hydrogens is 376 g/mol. The Morgan fingerprint density at radius 2 is 1.46 bits per heavy atom. The number of para-hydroxylation sites is 1. The summed E-state index contributed by atoms with van der Waals surface area (Å²) in [4.78, 5) is 12.1. The Kier molecular flexibility index (Phi) is 5.65. The molecule has 0 aliphatic carbocycles. The van der Waals surface area contributed by atoms with Gasteiger partial charge in [-0.3, -0.25) is 4.72 Å². The van der Waals surface area contributed by atoms with Gasteiger partial charge in [-0.15, -0.1) is 0 Å². The Hall–Kier alpha value is -3.32. The fourth-order valence-electron chi connectivity index (χ4n) is 2.73. The zero-order chi connectivity index (χ0) is 20.1. The summed E-state index contributed by atoms with van der Waals surface area (Å²) < 4.78 is 32.5. The molecule has 28 heavy (non-hydrogen) atoms. The van der Waals surface area contributed by atoms with Crippen molar-refractivity contribution in [1.82, 2.24) is 0 Å². The number of nitrogens with one attached hydrogen (secondary N) is 2. The molecule has 3 rings (SSSR count). The van der Waals surface area contributed by atoms with Crippen LogP contribution in [0.3, 0.4) is 0 Å². The number of rotatable bonds is 6. The van der Waals surface area contributed by atoms with Crippen LogP contribution in [-0.2, 0) is 14.8 Å². The lowest BCUT2D eigenvalue weighted by Crippen LogP contribution is -2.14. The molecule has 6 nitrogen and oxygen atoms in total. The summed E-state index contributed by atoms with van der Waals surface area (Å²) in [5.41, 5.74) is 2.83. The van der Waals surface area contributed by atoms with Crippen LogP contribution < -0.4 is 10.0 Å². The van der Waals surface area contributed by atoms with Gasteiger partial charge in [-0.1, -0.05) is 30.3 Å². The van der Waals surface area contributed by atoms with Crippen LogP contribution in [0, 0.1) is 6.92 Å². The van der Waals surface area contributed by atoms with Gasteiger partial charge >= 0.3 is 5.97 Å². The molecule has 0 bridgehead atoms. The lowest BCUT2D eigenvalue weighted by Gasteiger charge is -2.13. The van der Waals surface area contributed by atoms with E-state index in [1.165, 1.54) is 7.11 Å². The van der Waals surface area contributed by atoms with Crippen LogP contribution in [0.25, 0.3) is 0 Å². The molecule has 0 amide bonds. The summed E-state index contributed by atoms with van der Waals surface area (Å²) in [6, 6.07) is 20.5. The normalized spacial score (nSPS) is 10.9. The highest BCUT2D eigenvalue weighted by molar-refractivity contribution is 7.92. The standard InChI is InChI=1S/C21H20N2O4S/c1-15-7-3-6-10-20(15)28(25,26)23-17-13-11-16(12-14-17)22-19-9-5-4-8-18(19)21(24)27-2/h3-14,22-23H,1-2H3. The first-order valence-corrected chi connectivity index (χ1v) is 10.0. The van der Waals surface area contributed by atoms with E-state index in [1.807, 2.05) is 0 Å². The maximum atomic E-state index is 12.6. The fraction of sp³-hybridized carbons (Fsp3) is 0.0952. The largest absolute Gasteiger partial charge is 0.465 e. The summed E-state index contributed by atoms with van der Waals surface area (Å²) >= 11 is 0.